The molecule has 1 aliphatic heterocycles. The van der Waals surface area contributed by atoms with Crippen molar-refractivity contribution in [2.45, 2.75) is 71.8 Å². The molecule has 1 heterocycles. The van der Waals surface area contributed by atoms with Crippen LogP contribution in [0.1, 0.15) is 90.6 Å². The fourth-order valence-corrected chi connectivity index (χ4v) is 7.72. The molecule has 1 saturated carbocycles. The molecule has 306 valence electrons. The van der Waals surface area contributed by atoms with Gasteiger partial charge in [-0.05, 0) is 91.3 Å². The predicted octanol–water partition coefficient (Wildman–Crippen LogP) is 8.48. The summed E-state index contributed by atoms with van der Waals surface area (Å²) in [5.41, 5.74) is 5.41. The van der Waals surface area contributed by atoms with Crippen LogP contribution in [0.2, 0.25) is 0 Å². The fourth-order valence-electron chi connectivity index (χ4n) is 7.72. The van der Waals surface area contributed by atoms with Crippen LogP contribution in [0.5, 0.6) is 34.5 Å². The Morgan fingerprint density at radius 2 is 1.38 bits per heavy atom. The Morgan fingerprint density at radius 3 is 2.03 bits per heavy atom. The normalized spacial score (nSPS) is 14.4. The maximum Gasteiger partial charge on any atom is 0.312 e. The summed E-state index contributed by atoms with van der Waals surface area (Å²) in [4.78, 5) is 48.2. The third kappa shape index (κ3) is 8.75. The molecule has 12 heteroatoms. The van der Waals surface area contributed by atoms with Crippen LogP contribution < -0.4 is 33.7 Å². The van der Waals surface area contributed by atoms with Gasteiger partial charge in [-0.1, -0.05) is 49.9 Å². The number of ether oxygens (including phenoxy) is 6. The Balaban J connectivity index is 0.000000196. The Hall–Kier alpha value is -6.04. The molecule has 0 atom stereocenters. The van der Waals surface area contributed by atoms with Gasteiger partial charge in [-0.25, -0.2) is 0 Å². The number of esters is 1. The van der Waals surface area contributed by atoms with Gasteiger partial charge in [0, 0.05) is 41.6 Å². The number of ketones is 1. The first-order chi connectivity index (χ1) is 27.9. The van der Waals surface area contributed by atoms with Crippen LogP contribution in [0.4, 0.5) is 0 Å². The van der Waals surface area contributed by atoms with E-state index in [0.29, 0.717) is 71.8 Å². The van der Waals surface area contributed by atoms with Crippen molar-refractivity contribution in [3.05, 3.63) is 82.9 Å². The predicted molar refractivity (Wildman–Crippen MR) is 218 cm³/mol. The number of carbonyl (C=O) groups excluding carboxylic acids is 3. The number of nitrogens with one attached hydrogen (secondary N) is 1. The molecule has 0 aromatic heterocycles. The number of carbonyl (C=O) groups is 4. The molecular weight excluding hydrogens is 743 g/mol. The van der Waals surface area contributed by atoms with Gasteiger partial charge < -0.3 is 38.8 Å². The third-order valence-corrected chi connectivity index (χ3v) is 11.1. The number of hydrogen-bond acceptors (Lipinski definition) is 10. The van der Waals surface area contributed by atoms with Crippen molar-refractivity contribution in [1.82, 2.24) is 5.32 Å². The number of hydrogen-bond donors (Lipinski definition) is 2. The monoisotopic (exact) mass is 793 g/mol. The molecule has 7 rings (SSSR count). The van der Waals surface area contributed by atoms with Crippen molar-refractivity contribution in [2.24, 2.45) is 11.3 Å². The van der Waals surface area contributed by atoms with E-state index in [9.17, 15) is 24.3 Å². The highest BCUT2D eigenvalue weighted by Crippen LogP contribution is 2.48. The Morgan fingerprint density at radius 1 is 0.741 bits per heavy atom. The van der Waals surface area contributed by atoms with Crippen molar-refractivity contribution < 1.29 is 52.7 Å². The molecule has 0 saturated heterocycles. The maximum absolute atomic E-state index is 12.7. The van der Waals surface area contributed by atoms with E-state index in [1.165, 1.54) is 47.0 Å². The van der Waals surface area contributed by atoms with E-state index in [1.54, 1.807) is 39.2 Å². The molecule has 3 aliphatic rings. The highest BCUT2D eigenvalue weighted by atomic mass is 16.6. The second kappa shape index (κ2) is 18.0. The molecule has 0 spiro atoms. The van der Waals surface area contributed by atoms with Crippen LogP contribution >= 0.6 is 0 Å². The number of carboxylic acids is 1. The van der Waals surface area contributed by atoms with Crippen LogP contribution in [-0.2, 0) is 22.6 Å². The number of rotatable bonds is 14. The van der Waals surface area contributed by atoms with Gasteiger partial charge in [0.15, 0.2) is 28.8 Å². The summed E-state index contributed by atoms with van der Waals surface area (Å²) in [5.74, 6) is 1.97. The van der Waals surface area contributed by atoms with Crippen LogP contribution in [0.15, 0.2) is 60.7 Å². The van der Waals surface area contributed by atoms with Crippen molar-refractivity contribution in [3.63, 3.8) is 0 Å². The molecule has 0 unspecified atom stereocenters. The zero-order chi connectivity index (χ0) is 41.6. The number of fused-ring (bicyclic) bond motifs is 2. The summed E-state index contributed by atoms with van der Waals surface area (Å²) in [6.07, 6.45) is 7.29. The minimum atomic E-state index is -1.08. The highest BCUT2D eigenvalue weighted by molar-refractivity contribution is 6.03. The second-order valence-electron chi connectivity index (χ2n) is 15.3. The smallest absolute Gasteiger partial charge is 0.312 e. The number of methoxy groups -OCH3 is 4. The molecule has 58 heavy (non-hydrogen) atoms. The van der Waals surface area contributed by atoms with E-state index < -0.39 is 11.4 Å². The summed E-state index contributed by atoms with van der Waals surface area (Å²) in [6.45, 7) is 3.64. The fraction of sp³-hybridized carbons (Fsp3) is 0.391. The first-order valence-corrected chi connectivity index (χ1v) is 19.5. The molecule has 1 fully saturated rings. The van der Waals surface area contributed by atoms with Gasteiger partial charge in [0.25, 0.3) is 5.91 Å². The number of carboxylic acid groups (broad SMARTS) is 1. The van der Waals surface area contributed by atoms with E-state index in [4.69, 9.17) is 28.4 Å². The second-order valence-corrected chi connectivity index (χ2v) is 15.3. The zero-order valence-corrected chi connectivity index (χ0v) is 34.0. The van der Waals surface area contributed by atoms with Gasteiger partial charge in [-0.3, -0.25) is 19.2 Å². The molecule has 0 radical (unpaired) electrons. The number of Topliss-reactive ketones (excluding diaryl/α,β-unsaturated/α-hetero) is 1. The van der Waals surface area contributed by atoms with E-state index in [-0.39, 0.29) is 24.3 Å². The molecule has 12 nitrogen and oxygen atoms in total. The van der Waals surface area contributed by atoms with Gasteiger partial charge in [-0.15, -0.1) is 0 Å². The van der Waals surface area contributed by atoms with E-state index >= 15 is 0 Å². The minimum Gasteiger partial charge on any atom is -0.493 e. The van der Waals surface area contributed by atoms with Crippen LogP contribution in [0.3, 0.4) is 0 Å². The summed E-state index contributed by atoms with van der Waals surface area (Å²) >= 11 is 0. The summed E-state index contributed by atoms with van der Waals surface area (Å²) in [7, 11) is 6.12. The third-order valence-electron chi connectivity index (χ3n) is 11.1. The van der Waals surface area contributed by atoms with Crippen molar-refractivity contribution in [3.8, 4) is 56.8 Å². The van der Waals surface area contributed by atoms with Crippen molar-refractivity contribution in [2.75, 3.05) is 35.0 Å². The van der Waals surface area contributed by atoms with Gasteiger partial charge in [0.05, 0.1) is 33.9 Å². The van der Waals surface area contributed by atoms with E-state index in [0.717, 1.165) is 45.4 Å². The topological polar surface area (TPSA) is 156 Å². The zero-order valence-electron chi connectivity index (χ0n) is 34.0. The number of amides is 1. The molecule has 4 aromatic rings. The molecule has 4 aromatic carbocycles. The molecule has 0 bridgehead atoms. The number of benzene rings is 4. The van der Waals surface area contributed by atoms with Crippen LogP contribution in [0.25, 0.3) is 22.3 Å². The Labute approximate surface area is 338 Å². The Kier molecular flexibility index (Phi) is 12.9. The quantitative estimate of drug-likeness (QED) is 0.0933. The first-order valence-electron chi connectivity index (χ1n) is 19.5. The SMILES string of the molecule is COc1ccc(-c2ccc3c(c2)CNC3=O)c(OC(=O)CCC2CCCC2)c1OC.COc1ccc(-c2cccc3c2CCC3=O)c(OCC(C)(C)C(=O)O)c1OC. The van der Waals surface area contributed by atoms with E-state index in [2.05, 4.69) is 5.32 Å². The molecule has 2 aliphatic carbocycles. The highest BCUT2D eigenvalue weighted by Gasteiger charge is 2.31. The van der Waals surface area contributed by atoms with E-state index in [1.807, 2.05) is 42.5 Å². The van der Waals surface area contributed by atoms with Crippen molar-refractivity contribution >= 4 is 23.6 Å². The maximum atomic E-state index is 12.7. The van der Waals surface area contributed by atoms with Crippen LogP contribution in [-0.4, -0.2) is 63.8 Å². The van der Waals surface area contributed by atoms with Crippen molar-refractivity contribution in [1.29, 1.82) is 0 Å². The lowest BCUT2D eigenvalue weighted by atomic mass is 9.94. The lowest BCUT2D eigenvalue weighted by Crippen LogP contribution is -2.30. The Bertz CT molecular complexity index is 2200. The number of aliphatic carboxylic acids is 1. The minimum absolute atomic E-state index is 0.0488. The molecule has 1 amide bonds. The van der Waals surface area contributed by atoms with Gasteiger partial charge in [0.1, 0.15) is 6.61 Å². The average molecular weight is 794 g/mol. The standard InChI is InChI=1S/C24H27NO5.C22H24O6/c1-28-20-11-10-18(16-8-9-19-17(13-16)14-25-24(19)27)22(23(20)29-2)30-21(26)12-7-15-5-3-4-6-15;1-22(2,21(24)25)12-28-19-16(9-11-18(26-3)20(19)27-4)13-6-5-7-15-14(13)8-10-17(15)23/h8-11,13,15H,3-7,12,14H2,1-2H3,(H,25,27);5-7,9,11H,8,10,12H2,1-4H3,(H,24,25). The molecular formula is C46H51NO11. The summed E-state index contributed by atoms with van der Waals surface area (Å²) in [5, 5.41) is 12.2. The first kappa shape index (κ1) is 41.6. The lowest BCUT2D eigenvalue weighted by Gasteiger charge is -2.23. The van der Waals surface area contributed by atoms with Gasteiger partial charge >= 0.3 is 11.9 Å². The summed E-state index contributed by atoms with van der Waals surface area (Å²) < 4.78 is 33.7. The molecule has 2 N–H and O–H groups in total. The lowest BCUT2D eigenvalue weighted by molar-refractivity contribution is -0.148. The van der Waals surface area contributed by atoms with Gasteiger partial charge in [-0.2, -0.15) is 0 Å². The summed E-state index contributed by atoms with van der Waals surface area (Å²) in [6, 6.07) is 18.5. The largest absolute Gasteiger partial charge is 0.493 e. The van der Waals surface area contributed by atoms with Gasteiger partial charge in [0.2, 0.25) is 11.5 Å². The average Bonchev–Trinajstić information content (AvgIpc) is 3.99. The van der Waals surface area contributed by atoms with Crippen LogP contribution in [0, 0.1) is 11.3 Å².